The van der Waals surface area contributed by atoms with Crippen LogP contribution in [-0.4, -0.2) is 12.2 Å². The molecule has 4 aliphatic rings. The number of fused-ring (bicyclic) bond motifs is 6. The third kappa shape index (κ3) is 8.56. The van der Waals surface area contributed by atoms with Gasteiger partial charge in [-0.25, -0.2) is 0 Å². The van der Waals surface area contributed by atoms with E-state index in [-0.39, 0.29) is 12.2 Å². The summed E-state index contributed by atoms with van der Waals surface area (Å²) in [6, 6.07) is 55.6. The van der Waals surface area contributed by atoms with Crippen molar-refractivity contribution in [2.24, 2.45) is 0 Å². The molecule has 2 fully saturated rings. The Morgan fingerprint density at radius 2 is 0.695 bits per heavy atom. The molecular weight excluding hydrogens is 755 g/mol. The molecule has 59 heavy (non-hydrogen) atoms. The zero-order valence-corrected chi connectivity index (χ0v) is 36.3. The summed E-state index contributed by atoms with van der Waals surface area (Å²) in [7, 11) is -1.69. The van der Waals surface area contributed by atoms with E-state index in [1.54, 1.807) is 0 Å². The van der Waals surface area contributed by atoms with Gasteiger partial charge in [-0.1, -0.05) is 172 Å². The van der Waals surface area contributed by atoms with E-state index < -0.39 is 15.8 Å². The van der Waals surface area contributed by atoms with E-state index in [2.05, 4.69) is 146 Å². The Bertz CT molecular complexity index is 2060. The topological polar surface area (TPSA) is 18.5 Å². The molecule has 2 nitrogen and oxygen atoms in total. The summed E-state index contributed by atoms with van der Waals surface area (Å²) in [6.07, 6.45) is 18.1. The molecule has 0 amide bonds. The Balaban J connectivity index is 1.15. The van der Waals surface area contributed by atoms with Crippen molar-refractivity contribution in [2.75, 3.05) is 0 Å². The maximum Gasteiger partial charge on any atom is 0.131 e. The van der Waals surface area contributed by atoms with Crippen LogP contribution in [-0.2, 0) is 12.8 Å². The van der Waals surface area contributed by atoms with Crippen LogP contribution in [0.1, 0.15) is 118 Å². The van der Waals surface area contributed by atoms with Gasteiger partial charge in [-0.15, -0.1) is 0 Å². The Kier molecular flexibility index (Phi) is 12.0. The zero-order chi connectivity index (χ0) is 39.4. The molecule has 0 radical (unpaired) electrons. The summed E-state index contributed by atoms with van der Waals surface area (Å²) in [5, 5.41) is 8.35. The maximum atomic E-state index is 7.71. The second-order valence-electron chi connectivity index (χ2n) is 17.6. The second-order valence-corrected chi connectivity index (χ2v) is 21.9. The summed E-state index contributed by atoms with van der Waals surface area (Å²) >= 11 is 0. The Morgan fingerprint density at radius 1 is 0.356 bits per heavy atom. The third-order valence-electron chi connectivity index (χ3n) is 13.5. The highest BCUT2D eigenvalue weighted by atomic mass is 31.1. The molecule has 300 valence electrons. The number of ether oxygens (including phenoxy) is 2. The molecule has 6 aromatic carbocycles. The van der Waals surface area contributed by atoms with Gasteiger partial charge in [0.1, 0.15) is 23.7 Å². The molecule has 0 N–H and O–H groups in total. The van der Waals surface area contributed by atoms with Crippen LogP contribution in [0.2, 0.25) is 0 Å². The minimum Gasteiger partial charge on any atom is -0.489 e. The average Bonchev–Trinajstić information content (AvgIpc) is 3.44. The quantitative estimate of drug-likeness (QED) is 0.143. The van der Waals surface area contributed by atoms with Crippen molar-refractivity contribution in [3.63, 3.8) is 0 Å². The van der Waals surface area contributed by atoms with Gasteiger partial charge in [0.15, 0.2) is 0 Å². The van der Waals surface area contributed by atoms with Gasteiger partial charge in [0.2, 0.25) is 0 Å². The van der Waals surface area contributed by atoms with Gasteiger partial charge in [0.05, 0.1) is 0 Å². The molecule has 2 saturated carbocycles. The molecule has 2 aliphatic heterocycles. The lowest BCUT2D eigenvalue weighted by molar-refractivity contribution is 0.189. The van der Waals surface area contributed by atoms with Gasteiger partial charge in [-0.2, -0.15) is 0 Å². The molecule has 10 rings (SSSR count). The van der Waals surface area contributed by atoms with E-state index in [0.29, 0.717) is 11.8 Å². The van der Waals surface area contributed by atoms with Crippen LogP contribution in [0.3, 0.4) is 0 Å². The summed E-state index contributed by atoms with van der Waals surface area (Å²) < 4.78 is 15.4. The Hall–Kier alpha value is -4.22. The van der Waals surface area contributed by atoms with E-state index >= 15 is 0 Å². The number of hydrogen-bond donors (Lipinski definition) is 0. The van der Waals surface area contributed by atoms with Gasteiger partial charge in [0.25, 0.3) is 0 Å². The molecule has 1 unspecified atom stereocenters. The Labute approximate surface area is 355 Å². The predicted octanol–water partition coefficient (Wildman–Crippen LogP) is 11.8. The van der Waals surface area contributed by atoms with Crippen molar-refractivity contribution in [1.29, 1.82) is 0 Å². The maximum absolute atomic E-state index is 7.71. The van der Waals surface area contributed by atoms with Crippen molar-refractivity contribution in [3.05, 3.63) is 168 Å². The SMILES string of the molecule is c1ccc(P(c2ccccc2)c2cc(C3CCCCC3)cc3c2OC2CCC[C@H](C3)Oc3c(cc(C4CCCCC4)cc3P(c3ccccc3)c3ccccc3)C2)cc1. The van der Waals surface area contributed by atoms with E-state index in [0.717, 1.165) is 43.6 Å². The Morgan fingerprint density at radius 3 is 1.03 bits per heavy atom. The van der Waals surface area contributed by atoms with Crippen molar-refractivity contribution in [2.45, 2.75) is 120 Å². The molecular formula is C55H58O2P2. The molecule has 4 heteroatoms. The van der Waals surface area contributed by atoms with Crippen LogP contribution in [0, 0.1) is 0 Å². The van der Waals surface area contributed by atoms with Gasteiger partial charge in [0, 0.05) is 23.5 Å². The largest absolute Gasteiger partial charge is 0.489 e. The minimum absolute atomic E-state index is 0.0600. The molecule has 0 aromatic heterocycles. The van der Waals surface area contributed by atoms with Crippen LogP contribution in [0.15, 0.2) is 146 Å². The molecule has 2 aliphatic carbocycles. The standard InChI is InChI=1S/C55H58O2P2/c1-7-20-40(21-8-1)42-34-44-36-46-24-19-25-47(56-54(44)52(38-42)58(48-26-11-3-12-27-48)49-28-13-4-14-29-49)37-45-35-43(41-22-9-2-10-23-41)39-53(55(45)57-46)59(50-30-15-5-16-31-50)51-32-17-6-18-33-51/h3-6,11-18,26-35,38-41,46-47H,1-2,7-10,19-25,36-37H2/t46-,47?/m1/s1. The van der Waals surface area contributed by atoms with Gasteiger partial charge in [-0.3, -0.25) is 0 Å². The van der Waals surface area contributed by atoms with Crippen molar-refractivity contribution in [1.82, 2.24) is 0 Å². The highest BCUT2D eigenvalue weighted by Gasteiger charge is 2.34. The number of rotatable bonds is 8. The van der Waals surface area contributed by atoms with Crippen LogP contribution in [0.4, 0.5) is 0 Å². The number of hydrogen-bond acceptors (Lipinski definition) is 2. The van der Waals surface area contributed by atoms with Crippen molar-refractivity contribution < 1.29 is 9.47 Å². The lowest BCUT2D eigenvalue weighted by atomic mass is 9.83. The summed E-state index contributed by atoms with van der Waals surface area (Å²) in [4.78, 5) is 0. The number of benzene rings is 6. The van der Waals surface area contributed by atoms with Crippen LogP contribution >= 0.6 is 15.8 Å². The molecule has 0 saturated heterocycles. The van der Waals surface area contributed by atoms with Crippen molar-refractivity contribution in [3.8, 4) is 11.5 Å². The van der Waals surface area contributed by atoms with E-state index in [1.165, 1.54) is 118 Å². The van der Waals surface area contributed by atoms with E-state index in [9.17, 15) is 0 Å². The zero-order valence-electron chi connectivity index (χ0n) is 34.5. The molecule has 0 spiro atoms. The first-order chi connectivity index (χ1) is 29.2. The normalized spacial score (nSPS) is 20.0. The molecule has 6 aromatic rings. The molecule has 2 atom stereocenters. The first-order valence-corrected chi connectivity index (χ1v) is 25.4. The monoisotopic (exact) mass is 812 g/mol. The molecule has 2 heterocycles. The van der Waals surface area contributed by atoms with Crippen LogP contribution in [0.25, 0.3) is 0 Å². The average molecular weight is 813 g/mol. The van der Waals surface area contributed by atoms with Crippen LogP contribution < -0.4 is 41.3 Å². The lowest BCUT2D eigenvalue weighted by Crippen LogP contribution is -2.31. The highest BCUT2D eigenvalue weighted by molar-refractivity contribution is 7.80. The fourth-order valence-corrected chi connectivity index (χ4v) is 15.6. The molecule has 2 bridgehead atoms. The van der Waals surface area contributed by atoms with Gasteiger partial charge >= 0.3 is 0 Å². The van der Waals surface area contributed by atoms with Crippen molar-refractivity contribution >= 4 is 47.7 Å². The lowest BCUT2D eigenvalue weighted by Gasteiger charge is -2.33. The predicted molar refractivity (Wildman–Crippen MR) is 252 cm³/mol. The van der Waals surface area contributed by atoms with Gasteiger partial charge in [-0.05, 0) is 128 Å². The summed E-state index contributed by atoms with van der Waals surface area (Å²) in [5.74, 6) is 3.48. The second kappa shape index (κ2) is 18.2. The smallest absolute Gasteiger partial charge is 0.131 e. The summed E-state index contributed by atoms with van der Waals surface area (Å²) in [5.41, 5.74) is 5.75. The summed E-state index contributed by atoms with van der Waals surface area (Å²) in [6.45, 7) is 0. The fraction of sp³-hybridized carbons (Fsp3) is 0.345. The first-order valence-electron chi connectivity index (χ1n) is 22.7. The third-order valence-corrected chi connectivity index (χ3v) is 18.4. The fourth-order valence-electron chi connectivity index (χ4n) is 10.6. The van der Waals surface area contributed by atoms with E-state index in [4.69, 9.17) is 9.47 Å². The van der Waals surface area contributed by atoms with E-state index in [1.807, 2.05) is 0 Å². The minimum atomic E-state index is -0.847. The first kappa shape index (κ1) is 38.9. The van der Waals surface area contributed by atoms with Crippen LogP contribution in [0.5, 0.6) is 11.5 Å². The van der Waals surface area contributed by atoms with Gasteiger partial charge < -0.3 is 9.47 Å². The highest BCUT2D eigenvalue weighted by Crippen LogP contribution is 2.46.